The highest BCUT2D eigenvalue weighted by molar-refractivity contribution is 5.95. The van der Waals surface area contributed by atoms with Crippen LogP contribution in [0.25, 0.3) is 6.08 Å². The topological polar surface area (TPSA) is 95.5 Å². The molecule has 8 nitrogen and oxygen atoms in total. The number of carbonyl (C=O) groups is 2. The van der Waals surface area contributed by atoms with Crippen LogP contribution in [0.4, 0.5) is 0 Å². The SMILES string of the molecule is COc1ccc(C=CC(=O)Oc2ccc(C=NNC(=O)c3ccc4c(c3)OCO4)cc2)cc1. The molecule has 0 aromatic heterocycles. The standard InChI is InChI=1S/C25H20N2O6/c1-30-20-8-2-17(3-9-20)6-13-24(28)33-21-10-4-18(5-11-21)15-26-27-25(29)19-7-12-22-23(14-19)32-16-31-22/h2-15H,16H2,1H3,(H,27,29). The maximum Gasteiger partial charge on any atom is 0.336 e. The predicted molar refractivity (Wildman–Crippen MR) is 122 cm³/mol. The Kier molecular flexibility index (Phi) is 6.65. The minimum absolute atomic E-state index is 0.142. The first-order valence-electron chi connectivity index (χ1n) is 9.98. The van der Waals surface area contributed by atoms with Gasteiger partial charge in [0.15, 0.2) is 11.5 Å². The zero-order chi connectivity index (χ0) is 23.0. The second-order valence-electron chi connectivity index (χ2n) is 6.86. The van der Waals surface area contributed by atoms with Gasteiger partial charge in [0, 0.05) is 11.6 Å². The zero-order valence-corrected chi connectivity index (χ0v) is 17.7. The molecule has 0 radical (unpaired) electrons. The summed E-state index contributed by atoms with van der Waals surface area (Å²) >= 11 is 0. The van der Waals surface area contributed by atoms with E-state index in [1.165, 1.54) is 12.3 Å². The van der Waals surface area contributed by atoms with Crippen LogP contribution in [0, 0.1) is 0 Å². The molecule has 0 bridgehead atoms. The molecular weight excluding hydrogens is 424 g/mol. The number of nitrogens with one attached hydrogen (secondary N) is 1. The number of nitrogens with zero attached hydrogens (tertiary/aromatic N) is 1. The number of methoxy groups -OCH3 is 1. The van der Waals surface area contributed by atoms with Gasteiger partial charge in [-0.15, -0.1) is 0 Å². The lowest BCUT2D eigenvalue weighted by molar-refractivity contribution is -0.128. The Bertz CT molecular complexity index is 1200. The van der Waals surface area contributed by atoms with Crippen molar-refractivity contribution < 1.29 is 28.5 Å². The number of amides is 1. The summed E-state index contributed by atoms with van der Waals surface area (Å²) in [6.07, 6.45) is 4.49. The van der Waals surface area contributed by atoms with E-state index in [1.54, 1.807) is 55.7 Å². The third-order valence-electron chi connectivity index (χ3n) is 4.64. The van der Waals surface area contributed by atoms with Crippen LogP contribution in [-0.2, 0) is 4.79 Å². The normalized spacial score (nSPS) is 12.2. The molecule has 1 aliphatic rings. The number of hydrazone groups is 1. The number of ether oxygens (including phenoxy) is 4. The molecule has 3 aromatic carbocycles. The van der Waals surface area contributed by atoms with Crippen LogP contribution in [0.2, 0.25) is 0 Å². The lowest BCUT2D eigenvalue weighted by atomic mass is 10.2. The van der Waals surface area contributed by atoms with Crippen LogP contribution in [0.15, 0.2) is 77.9 Å². The van der Waals surface area contributed by atoms with Gasteiger partial charge < -0.3 is 18.9 Å². The van der Waals surface area contributed by atoms with Crippen molar-refractivity contribution in [2.24, 2.45) is 5.10 Å². The summed E-state index contributed by atoms with van der Waals surface area (Å²) in [6.45, 7) is 0.142. The fraction of sp³-hybridized carbons (Fsp3) is 0.0800. The van der Waals surface area contributed by atoms with E-state index < -0.39 is 5.97 Å². The number of hydrogen-bond acceptors (Lipinski definition) is 7. The highest BCUT2D eigenvalue weighted by Gasteiger charge is 2.15. The highest BCUT2D eigenvalue weighted by atomic mass is 16.7. The molecule has 0 atom stereocenters. The van der Waals surface area contributed by atoms with Gasteiger partial charge in [-0.25, -0.2) is 10.2 Å². The van der Waals surface area contributed by atoms with Crippen molar-refractivity contribution in [1.29, 1.82) is 0 Å². The molecule has 0 spiro atoms. The van der Waals surface area contributed by atoms with Crippen molar-refractivity contribution in [3.05, 3.63) is 89.5 Å². The average molecular weight is 444 g/mol. The largest absolute Gasteiger partial charge is 0.497 e. The Labute approximate surface area is 190 Å². The lowest BCUT2D eigenvalue weighted by Crippen LogP contribution is -2.17. The van der Waals surface area contributed by atoms with Crippen LogP contribution >= 0.6 is 0 Å². The van der Waals surface area contributed by atoms with E-state index in [1.807, 2.05) is 24.3 Å². The van der Waals surface area contributed by atoms with Crippen molar-refractivity contribution in [1.82, 2.24) is 5.43 Å². The molecule has 8 heteroatoms. The Balaban J connectivity index is 1.27. The van der Waals surface area contributed by atoms with Gasteiger partial charge >= 0.3 is 5.97 Å². The predicted octanol–water partition coefficient (Wildman–Crippen LogP) is 3.81. The van der Waals surface area contributed by atoms with Crippen LogP contribution < -0.4 is 24.4 Å². The molecule has 166 valence electrons. The fourth-order valence-electron chi connectivity index (χ4n) is 2.92. The molecule has 0 aliphatic carbocycles. The quantitative estimate of drug-likeness (QED) is 0.196. The highest BCUT2D eigenvalue weighted by Crippen LogP contribution is 2.32. The maximum atomic E-state index is 12.2. The van der Waals surface area contributed by atoms with Crippen LogP contribution in [0.3, 0.4) is 0 Å². The first kappa shape index (κ1) is 21.6. The molecule has 1 aliphatic heterocycles. The molecule has 0 unspecified atom stereocenters. The second kappa shape index (κ2) is 10.1. The number of hydrogen-bond donors (Lipinski definition) is 1. The number of benzene rings is 3. The van der Waals surface area contributed by atoms with Crippen molar-refractivity contribution in [2.45, 2.75) is 0 Å². The Morgan fingerprint density at radius 1 is 0.909 bits per heavy atom. The summed E-state index contributed by atoms with van der Waals surface area (Å²) in [4.78, 5) is 24.2. The summed E-state index contributed by atoms with van der Waals surface area (Å²) in [5.74, 6) is 1.39. The third-order valence-corrected chi connectivity index (χ3v) is 4.64. The van der Waals surface area contributed by atoms with E-state index in [0.29, 0.717) is 22.8 Å². The lowest BCUT2D eigenvalue weighted by Gasteiger charge is -2.03. The van der Waals surface area contributed by atoms with E-state index >= 15 is 0 Å². The Hall–Kier alpha value is -4.59. The van der Waals surface area contributed by atoms with Gasteiger partial charge in [-0.05, 0) is 71.8 Å². The van der Waals surface area contributed by atoms with Gasteiger partial charge in [-0.2, -0.15) is 5.10 Å². The first-order valence-corrected chi connectivity index (χ1v) is 9.98. The van der Waals surface area contributed by atoms with Crippen LogP contribution in [0.1, 0.15) is 21.5 Å². The summed E-state index contributed by atoms with van der Waals surface area (Å²) in [5.41, 5.74) is 4.43. The fourth-order valence-corrected chi connectivity index (χ4v) is 2.92. The van der Waals surface area contributed by atoms with E-state index in [4.69, 9.17) is 18.9 Å². The van der Waals surface area contributed by atoms with Gasteiger partial charge in [-0.3, -0.25) is 4.79 Å². The molecule has 0 fully saturated rings. The zero-order valence-electron chi connectivity index (χ0n) is 17.7. The molecular formula is C25H20N2O6. The monoisotopic (exact) mass is 444 g/mol. The van der Waals surface area contributed by atoms with Crippen molar-refractivity contribution >= 4 is 24.2 Å². The molecule has 3 aromatic rings. The smallest absolute Gasteiger partial charge is 0.336 e. The number of carbonyl (C=O) groups excluding carboxylic acids is 2. The number of fused-ring (bicyclic) bond motifs is 1. The summed E-state index contributed by atoms with van der Waals surface area (Å²) < 4.78 is 20.9. The number of rotatable bonds is 7. The molecule has 1 amide bonds. The van der Waals surface area contributed by atoms with Crippen LogP contribution in [-0.4, -0.2) is 32.0 Å². The number of esters is 1. The first-order chi connectivity index (χ1) is 16.1. The van der Waals surface area contributed by atoms with Crippen molar-refractivity contribution in [2.75, 3.05) is 13.9 Å². The Morgan fingerprint density at radius 2 is 1.61 bits per heavy atom. The van der Waals surface area contributed by atoms with Crippen LogP contribution in [0.5, 0.6) is 23.0 Å². The molecule has 0 saturated heterocycles. The van der Waals surface area contributed by atoms with Crippen molar-refractivity contribution in [3.63, 3.8) is 0 Å². The third kappa shape index (κ3) is 5.76. The minimum Gasteiger partial charge on any atom is -0.497 e. The van der Waals surface area contributed by atoms with Gasteiger partial charge in [0.05, 0.1) is 13.3 Å². The van der Waals surface area contributed by atoms with Gasteiger partial charge in [0.1, 0.15) is 11.5 Å². The summed E-state index contributed by atoms with van der Waals surface area (Å²) in [6, 6.07) is 18.9. The van der Waals surface area contributed by atoms with Gasteiger partial charge in [0.25, 0.3) is 5.91 Å². The average Bonchev–Trinajstić information content (AvgIpc) is 3.32. The molecule has 1 N–H and O–H groups in total. The van der Waals surface area contributed by atoms with E-state index in [-0.39, 0.29) is 12.7 Å². The maximum absolute atomic E-state index is 12.2. The molecule has 1 heterocycles. The summed E-state index contributed by atoms with van der Waals surface area (Å²) in [5, 5.41) is 3.95. The minimum atomic E-state index is -0.497. The second-order valence-corrected chi connectivity index (χ2v) is 6.86. The molecule has 0 saturated carbocycles. The van der Waals surface area contributed by atoms with E-state index in [0.717, 1.165) is 16.9 Å². The molecule has 4 rings (SSSR count). The van der Waals surface area contributed by atoms with E-state index in [2.05, 4.69) is 10.5 Å². The van der Waals surface area contributed by atoms with Gasteiger partial charge in [0.2, 0.25) is 6.79 Å². The molecule has 33 heavy (non-hydrogen) atoms. The Morgan fingerprint density at radius 3 is 2.36 bits per heavy atom. The summed E-state index contributed by atoms with van der Waals surface area (Å²) in [7, 11) is 1.59. The van der Waals surface area contributed by atoms with Crippen molar-refractivity contribution in [3.8, 4) is 23.0 Å². The van der Waals surface area contributed by atoms with Gasteiger partial charge in [-0.1, -0.05) is 12.1 Å². The van der Waals surface area contributed by atoms with E-state index in [9.17, 15) is 9.59 Å².